The van der Waals surface area contributed by atoms with Crippen LogP contribution in [0.4, 0.5) is 23.5 Å². The van der Waals surface area contributed by atoms with E-state index in [9.17, 15) is 22.7 Å². The Hall–Kier alpha value is -3.38. The number of hydrogen-bond donors (Lipinski definition) is 1. The zero-order valence-corrected chi connectivity index (χ0v) is 17.3. The summed E-state index contributed by atoms with van der Waals surface area (Å²) in [6, 6.07) is 5.90. The molecule has 12 heteroatoms. The third-order valence-corrected chi connectivity index (χ3v) is 5.20. The summed E-state index contributed by atoms with van der Waals surface area (Å²) in [6.07, 6.45) is 1.71. The Labute approximate surface area is 186 Å². The van der Waals surface area contributed by atoms with E-state index in [0.717, 1.165) is 5.56 Å². The SMILES string of the molecule is OCC(C=Cc1ccc(F)cc1)N1CCN(c2ncc(-c3noc(C(F)(F)F)n3)cn2)CC1. The third kappa shape index (κ3) is 5.52. The van der Waals surface area contributed by atoms with E-state index in [4.69, 9.17) is 0 Å². The van der Waals surface area contributed by atoms with Gasteiger partial charge in [0.15, 0.2) is 0 Å². The molecule has 0 bridgehead atoms. The number of piperazine rings is 1. The van der Waals surface area contributed by atoms with Crippen LogP contribution in [-0.2, 0) is 6.18 Å². The zero-order valence-electron chi connectivity index (χ0n) is 17.3. The van der Waals surface area contributed by atoms with Gasteiger partial charge in [-0.3, -0.25) is 4.90 Å². The van der Waals surface area contributed by atoms with Gasteiger partial charge in [0.25, 0.3) is 0 Å². The van der Waals surface area contributed by atoms with Crippen molar-refractivity contribution in [1.82, 2.24) is 25.0 Å². The number of nitrogens with zero attached hydrogens (tertiary/aromatic N) is 6. The van der Waals surface area contributed by atoms with Crippen molar-refractivity contribution in [3.8, 4) is 11.4 Å². The molecule has 4 rings (SSSR count). The Kier molecular flexibility index (Phi) is 6.65. The molecule has 0 spiro atoms. The highest BCUT2D eigenvalue weighted by molar-refractivity contribution is 5.52. The maximum Gasteiger partial charge on any atom is 0.471 e. The molecule has 1 fully saturated rings. The summed E-state index contributed by atoms with van der Waals surface area (Å²) in [4.78, 5) is 15.8. The minimum atomic E-state index is -4.72. The van der Waals surface area contributed by atoms with Gasteiger partial charge in [-0.2, -0.15) is 18.2 Å². The first-order valence-electron chi connectivity index (χ1n) is 10.1. The lowest BCUT2D eigenvalue weighted by molar-refractivity contribution is -0.159. The minimum Gasteiger partial charge on any atom is -0.394 e. The number of alkyl halides is 3. The van der Waals surface area contributed by atoms with Crippen molar-refractivity contribution in [3.05, 3.63) is 60.0 Å². The minimum absolute atomic E-state index is 0.0620. The molecule has 0 aliphatic carbocycles. The van der Waals surface area contributed by atoms with Crippen LogP contribution in [0.1, 0.15) is 11.5 Å². The van der Waals surface area contributed by atoms with Crippen molar-refractivity contribution in [1.29, 1.82) is 0 Å². The van der Waals surface area contributed by atoms with Gasteiger partial charge in [-0.15, -0.1) is 0 Å². The molecule has 1 unspecified atom stereocenters. The van der Waals surface area contributed by atoms with E-state index in [-0.39, 0.29) is 29.9 Å². The van der Waals surface area contributed by atoms with E-state index in [1.807, 2.05) is 17.1 Å². The number of halogens is 4. The molecule has 8 nitrogen and oxygen atoms in total. The second kappa shape index (κ2) is 9.63. The van der Waals surface area contributed by atoms with Crippen molar-refractivity contribution < 1.29 is 27.2 Å². The molecule has 2 aromatic heterocycles. The van der Waals surface area contributed by atoms with Crippen LogP contribution < -0.4 is 4.90 Å². The molecule has 1 atom stereocenters. The Balaban J connectivity index is 1.35. The highest BCUT2D eigenvalue weighted by Gasteiger charge is 2.38. The molecule has 0 amide bonds. The average Bonchev–Trinajstić information content (AvgIpc) is 3.32. The fourth-order valence-electron chi connectivity index (χ4n) is 3.40. The Bertz CT molecular complexity index is 1080. The molecule has 1 aliphatic rings. The number of benzene rings is 1. The standard InChI is InChI=1S/C21H20F4N6O2/c22-16-4-1-14(2-5-16)3-6-17(13-32)30-7-9-31(10-8-30)20-26-11-15(12-27-20)18-28-19(33-29-18)21(23,24)25/h1-6,11-12,17,32H,7-10,13H2. The third-order valence-electron chi connectivity index (χ3n) is 5.20. The number of aromatic nitrogens is 4. The molecular weight excluding hydrogens is 444 g/mol. The largest absolute Gasteiger partial charge is 0.471 e. The van der Waals surface area contributed by atoms with Gasteiger partial charge in [0, 0.05) is 38.6 Å². The Morgan fingerprint density at radius 1 is 1.06 bits per heavy atom. The van der Waals surface area contributed by atoms with Crippen LogP contribution in [0, 0.1) is 5.82 Å². The monoisotopic (exact) mass is 464 g/mol. The highest BCUT2D eigenvalue weighted by atomic mass is 19.4. The first kappa shape index (κ1) is 22.8. The predicted octanol–water partition coefficient (Wildman–Crippen LogP) is 2.88. The topological polar surface area (TPSA) is 91.4 Å². The number of hydrogen-bond acceptors (Lipinski definition) is 8. The maximum atomic E-state index is 13.0. The molecule has 3 heterocycles. The smallest absolute Gasteiger partial charge is 0.394 e. The maximum absolute atomic E-state index is 13.0. The Morgan fingerprint density at radius 3 is 2.30 bits per heavy atom. The number of rotatable bonds is 6. The van der Waals surface area contributed by atoms with E-state index in [2.05, 4.69) is 29.5 Å². The predicted molar refractivity (Wildman–Crippen MR) is 110 cm³/mol. The van der Waals surface area contributed by atoms with Gasteiger partial charge >= 0.3 is 12.1 Å². The molecule has 174 valence electrons. The first-order chi connectivity index (χ1) is 15.8. The van der Waals surface area contributed by atoms with Crippen LogP contribution in [0.3, 0.4) is 0 Å². The summed E-state index contributed by atoms with van der Waals surface area (Å²) in [5, 5.41) is 13.1. The lowest BCUT2D eigenvalue weighted by Crippen LogP contribution is -2.51. The summed E-state index contributed by atoms with van der Waals surface area (Å²) in [6.45, 7) is 2.42. The molecule has 3 aromatic rings. The van der Waals surface area contributed by atoms with E-state index >= 15 is 0 Å². The Morgan fingerprint density at radius 2 is 1.73 bits per heavy atom. The van der Waals surface area contributed by atoms with E-state index < -0.39 is 12.1 Å². The molecule has 1 saturated heterocycles. The van der Waals surface area contributed by atoms with Gasteiger partial charge < -0.3 is 14.5 Å². The molecule has 0 radical (unpaired) electrons. The molecule has 1 N–H and O–H groups in total. The van der Waals surface area contributed by atoms with Crippen LogP contribution in [-0.4, -0.2) is 68.9 Å². The number of aliphatic hydroxyl groups excluding tert-OH is 1. The molecular formula is C21H20F4N6O2. The molecule has 33 heavy (non-hydrogen) atoms. The fourth-order valence-corrected chi connectivity index (χ4v) is 3.40. The second-order valence-corrected chi connectivity index (χ2v) is 7.38. The average molecular weight is 464 g/mol. The van der Waals surface area contributed by atoms with E-state index in [1.165, 1.54) is 24.5 Å². The zero-order chi connectivity index (χ0) is 23.4. The van der Waals surface area contributed by atoms with Gasteiger partial charge in [-0.25, -0.2) is 14.4 Å². The van der Waals surface area contributed by atoms with Crippen molar-refractivity contribution >= 4 is 12.0 Å². The van der Waals surface area contributed by atoms with Crippen LogP contribution in [0.15, 0.2) is 47.3 Å². The van der Waals surface area contributed by atoms with Crippen LogP contribution >= 0.6 is 0 Å². The van der Waals surface area contributed by atoms with Gasteiger partial charge in [-0.05, 0) is 17.7 Å². The van der Waals surface area contributed by atoms with Crippen molar-refractivity contribution in [2.24, 2.45) is 0 Å². The van der Waals surface area contributed by atoms with Crippen molar-refractivity contribution in [3.63, 3.8) is 0 Å². The van der Waals surface area contributed by atoms with Gasteiger partial charge in [0.1, 0.15) is 5.82 Å². The van der Waals surface area contributed by atoms with E-state index in [1.54, 1.807) is 12.1 Å². The fraction of sp³-hybridized carbons (Fsp3) is 0.333. The molecule has 0 saturated carbocycles. The highest BCUT2D eigenvalue weighted by Crippen LogP contribution is 2.29. The van der Waals surface area contributed by atoms with Crippen molar-refractivity contribution in [2.75, 3.05) is 37.7 Å². The van der Waals surface area contributed by atoms with Gasteiger partial charge in [0.05, 0.1) is 18.2 Å². The summed E-state index contributed by atoms with van der Waals surface area (Å²) < 4.78 is 55.1. The normalized spacial score (nSPS) is 16.5. The van der Waals surface area contributed by atoms with Crippen LogP contribution in [0.2, 0.25) is 0 Å². The first-order valence-corrected chi connectivity index (χ1v) is 10.1. The second-order valence-electron chi connectivity index (χ2n) is 7.38. The molecule has 1 aromatic carbocycles. The lowest BCUT2D eigenvalue weighted by Gasteiger charge is -2.37. The van der Waals surface area contributed by atoms with Crippen LogP contribution in [0.25, 0.3) is 17.5 Å². The lowest BCUT2D eigenvalue weighted by atomic mass is 10.1. The van der Waals surface area contributed by atoms with E-state index in [0.29, 0.717) is 32.1 Å². The van der Waals surface area contributed by atoms with Crippen molar-refractivity contribution in [2.45, 2.75) is 12.2 Å². The van der Waals surface area contributed by atoms with Gasteiger partial charge in [-0.1, -0.05) is 29.4 Å². The molecule has 1 aliphatic heterocycles. The summed E-state index contributed by atoms with van der Waals surface area (Å²) in [7, 11) is 0. The number of anilines is 1. The summed E-state index contributed by atoms with van der Waals surface area (Å²) >= 11 is 0. The number of aliphatic hydroxyl groups is 1. The quantitative estimate of drug-likeness (QED) is 0.557. The van der Waals surface area contributed by atoms with Gasteiger partial charge in [0.2, 0.25) is 11.8 Å². The van der Waals surface area contributed by atoms with Crippen LogP contribution in [0.5, 0.6) is 0 Å². The summed E-state index contributed by atoms with van der Waals surface area (Å²) in [5.74, 6) is -1.54. The summed E-state index contributed by atoms with van der Waals surface area (Å²) in [5.41, 5.74) is 1.05.